The van der Waals surface area contributed by atoms with Crippen molar-refractivity contribution in [2.45, 2.75) is 43.4 Å². The summed E-state index contributed by atoms with van der Waals surface area (Å²) >= 11 is 8.35. The van der Waals surface area contributed by atoms with Crippen molar-refractivity contribution in [3.8, 4) is 0 Å². The first-order valence-corrected chi connectivity index (χ1v) is 11.2. The van der Waals surface area contributed by atoms with Crippen molar-refractivity contribution in [3.05, 3.63) is 35.9 Å². The van der Waals surface area contributed by atoms with Crippen molar-refractivity contribution in [3.63, 3.8) is 0 Å². The summed E-state index contributed by atoms with van der Waals surface area (Å²) in [5, 5.41) is 8.10. The maximum atomic E-state index is 13.0. The van der Waals surface area contributed by atoms with Crippen LogP contribution < -0.4 is 16.0 Å². The molecule has 2 heterocycles. The predicted molar refractivity (Wildman–Crippen MR) is 118 cm³/mol. The van der Waals surface area contributed by atoms with Crippen LogP contribution in [0.1, 0.15) is 18.4 Å². The molecule has 3 rings (SSSR count). The highest BCUT2D eigenvalue weighted by Gasteiger charge is 2.40. The van der Waals surface area contributed by atoms with E-state index in [2.05, 4.69) is 41.2 Å². The molecule has 2 aliphatic rings. The molecule has 1 aromatic carbocycles. The van der Waals surface area contributed by atoms with Gasteiger partial charge in [-0.1, -0.05) is 30.3 Å². The van der Waals surface area contributed by atoms with Gasteiger partial charge in [-0.3, -0.25) is 19.2 Å². The van der Waals surface area contributed by atoms with Crippen molar-refractivity contribution in [1.82, 2.24) is 20.9 Å². The summed E-state index contributed by atoms with van der Waals surface area (Å²) in [5.41, 5.74) is 0.867. The molecule has 8 nitrogen and oxygen atoms in total. The molecule has 4 atom stereocenters. The van der Waals surface area contributed by atoms with Crippen molar-refractivity contribution >= 4 is 48.9 Å². The molecule has 0 saturated carbocycles. The van der Waals surface area contributed by atoms with Crippen molar-refractivity contribution in [2.75, 3.05) is 18.1 Å². The van der Waals surface area contributed by atoms with E-state index in [9.17, 15) is 19.2 Å². The van der Waals surface area contributed by atoms with E-state index >= 15 is 0 Å². The molecule has 0 bridgehead atoms. The lowest BCUT2D eigenvalue weighted by molar-refractivity contribution is -0.142. The minimum atomic E-state index is -0.944. The summed E-state index contributed by atoms with van der Waals surface area (Å²) in [4.78, 5) is 53.1. The third-order valence-electron chi connectivity index (χ3n) is 5.37. The number of benzene rings is 1. The van der Waals surface area contributed by atoms with Gasteiger partial charge in [0.25, 0.3) is 0 Å². The SMILES string of the molecule is O=C1N[C@@H](CS)C(=O)N2CCC[C@H]2C(=O)N[C@H](Cc2ccccc2)C(=O)N[C@H]1CS. The molecular weight excluding hydrogens is 424 g/mol. The fourth-order valence-electron chi connectivity index (χ4n) is 3.75. The van der Waals surface area contributed by atoms with Gasteiger partial charge < -0.3 is 20.9 Å². The van der Waals surface area contributed by atoms with Crippen molar-refractivity contribution in [1.29, 1.82) is 0 Å². The first-order chi connectivity index (χ1) is 14.4. The standard InChI is InChI=1S/C20H26N4O4S2/c25-17-13(9-12-5-2-1-3-6-12)21-19(27)16-7-4-8-24(16)20(28)15(11-30)23-18(26)14(10-29)22-17/h1-3,5-6,13-16,29-30H,4,7-11H2,(H,21,27)(H,22,25)(H,23,26)/t13-,14+,15+,16+/m1/s1. The van der Waals surface area contributed by atoms with Crippen LogP contribution in [0, 0.1) is 0 Å². The average Bonchev–Trinajstić information content (AvgIpc) is 3.24. The molecule has 3 N–H and O–H groups in total. The number of carbonyl (C=O) groups is 4. The summed E-state index contributed by atoms with van der Waals surface area (Å²) in [6, 6.07) is 5.91. The summed E-state index contributed by atoms with van der Waals surface area (Å²) in [5.74, 6) is -1.57. The maximum absolute atomic E-state index is 13.0. The number of amides is 4. The van der Waals surface area contributed by atoms with E-state index in [1.807, 2.05) is 30.3 Å². The van der Waals surface area contributed by atoms with Crippen LogP contribution in [-0.4, -0.2) is 70.7 Å². The lowest BCUT2D eigenvalue weighted by Gasteiger charge is -2.31. The molecule has 0 aliphatic carbocycles. The summed E-state index contributed by atoms with van der Waals surface area (Å²) in [6.07, 6.45) is 1.44. The molecule has 4 amide bonds. The zero-order valence-corrected chi connectivity index (χ0v) is 18.2. The van der Waals surface area contributed by atoms with E-state index in [-0.39, 0.29) is 29.7 Å². The number of nitrogens with one attached hydrogen (secondary N) is 3. The van der Waals surface area contributed by atoms with Gasteiger partial charge in [-0.15, -0.1) is 0 Å². The molecule has 0 radical (unpaired) electrons. The van der Waals surface area contributed by atoms with E-state index in [0.717, 1.165) is 5.56 Å². The van der Waals surface area contributed by atoms with E-state index in [1.54, 1.807) is 0 Å². The number of carbonyl (C=O) groups excluding carboxylic acids is 4. The zero-order valence-electron chi connectivity index (χ0n) is 16.4. The Morgan fingerprint density at radius 2 is 1.43 bits per heavy atom. The van der Waals surface area contributed by atoms with Gasteiger partial charge in [0.05, 0.1) is 0 Å². The number of nitrogens with zero attached hydrogens (tertiary/aromatic N) is 1. The van der Waals surface area contributed by atoms with Crippen LogP contribution in [-0.2, 0) is 25.6 Å². The van der Waals surface area contributed by atoms with Gasteiger partial charge in [0, 0.05) is 24.5 Å². The summed E-state index contributed by atoms with van der Waals surface area (Å²) < 4.78 is 0. The summed E-state index contributed by atoms with van der Waals surface area (Å²) in [6.45, 7) is 0.419. The number of rotatable bonds is 4. The van der Waals surface area contributed by atoms with Crippen LogP contribution in [0.15, 0.2) is 30.3 Å². The Kier molecular flexibility index (Phi) is 7.65. The molecular formula is C20H26N4O4S2. The van der Waals surface area contributed by atoms with Crippen molar-refractivity contribution in [2.24, 2.45) is 0 Å². The maximum Gasteiger partial charge on any atom is 0.246 e. The number of fused-ring (bicyclic) bond motifs is 1. The van der Waals surface area contributed by atoms with Gasteiger partial charge in [0.2, 0.25) is 23.6 Å². The van der Waals surface area contributed by atoms with Gasteiger partial charge in [0.1, 0.15) is 24.2 Å². The van der Waals surface area contributed by atoms with Crippen LogP contribution in [0.5, 0.6) is 0 Å². The van der Waals surface area contributed by atoms with Gasteiger partial charge >= 0.3 is 0 Å². The molecule has 30 heavy (non-hydrogen) atoms. The molecule has 2 fully saturated rings. The average molecular weight is 451 g/mol. The highest BCUT2D eigenvalue weighted by Crippen LogP contribution is 2.20. The number of hydrogen-bond acceptors (Lipinski definition) is 6. The van der Waals surface area contributed by atoms with Crippen LogP contribution in [0.3, 0.4) is 0 Å². The summed E-state index contributed by atoms with van der Waals surface area (Å²) in [7, 11) is 0. The highest BCUT2D eigenvalue weighted by molar-refractivity contribution is 7.80. The topological polar surface area (TPSA) is 108 Å². The van der Waals surface area contributed by atoms with Crippen LogP contribution >= 0.6 is 25.3 Å². The fraction of sp³-hybridized carbons (Fsp3) is 0.500. The Morgan fingerprint density at radius 1 is 0.833 bits per heavy atom. The Morgan fingerprint density at radius 3 is 2.10 bits per heavy atom. The molecule has 162 valence electrons. The second kappa shape index (κ2) is 10.2. The monoisotopic (exact) mass is 450 g/mol. The zero-order chi connectivity index (χ0) is 21.7. The highest BCUT2D eigenvalue weighted by atomic mass is 32.1. The van der Waals surface area contributed by atoms with Crippen molar-refractivity contribution < 1.29 is 19.2 Å². The Labute approximate surface area is 186 Å². The molecule has 2 saturated heterocycles. The van der Waals surface area contributed by atoms with Gasteiger partial charge in [0.15, 0.2) is 0 Å². The molecule has 2 aliphatic heterocycles. The van der Waals surface area contributed by atoms with E-state index in [1.165, 1.54) is 4.90 Å². The smallest absolute Gasteiger partial charge is 0.246 e. The van der Waals surface area contributed by atoms with E-state index in [4.69, 9.17) is 0 Å². The van der Waals surface area contributed by atoms with E-state index < -0.39 is 36.0 Å². The minimum absolute atomic E-state index is 0.0450. The second-order valence-corrected chi connectivity index (χ2v) is 8.16. The van der Waals surface area contributed by atoms with Gasteiger partial charge in [-0.25, -0.2) is 0 Å². The molecule has 1 aromatic rings. The first kappa shape index (κ1) is 22.5. The Balaban J connectivity index is 1.91. The van der Waals surface area contributed by atoms with Gasteiger partial charge in [-0.05, 0) is 18.4 Å². The minimum Gasteiger partial charge on any atom is -0.342 e. The molecule has 0 aromatic heterocycles. The third kappa shape index (κ3) is 5.10. The first-order valence-electron chi connectivity index (χ1n) is 9.91. The fourth-order valence-corrected chi connectivity index (χ4v) is 4.26. The van der Waals surface area contributed by atoms with Gasteiger partial charge in [-0.2, -0.15) is 25.3 Å². The third-order valence-corrected chi connectivity index (χ3v) is 6.10. The van der Waals surface area contributed by atoms with Crippen LogP contribution in [0.4, 0.5) is 0 Å². The lowest BCUT2D eigenvalue weighted by atomic mass is 10.0. The van der Waals surface area contributed by atoms with Crippen LogP contribution in [0.25, 0.3) is 0 Å². The molecule has 0 unspecified atom stereocenters. The number of thiol groups is 2. The predicted octanol–water partition coefficient (Wildman–Crippen LogP) is -0.452. The number of hydrogen-bond donors (Lipinski definition) is 5. The largest absolute Gasteiger partial charge is 0.342 e. The normalized spacial score (nSPS) is 28.0. The molecule has 10 heteroatoms. The Bertz CT molecular complexity index is 807. The van der Waals surface area contributed by atoms with E-state index in [0.29, 0.717) is 19.4 Å². The Hall–Kier alpha value is -2.20. The quantitative estimate of drug-likeness (QED) is 0.401. The lowest BCUT2D eigenvalue weighted by Crippen LogP contribution is -2.62. The van der Waals surface area contributed by atoms with Crippen LogP contribution in [0.2, 0.25) is 0 Å². The second-order valence-electron chi connectivity index (χ2n) is 7.43. The molecule has 0 spiro atoms.